The van der Waals surface area contributed by atoms with E-state index in [4.69, 9.17) is 19.7 Å². The highest BCUT2D eigenvalue weighted by atomic mass is 16.5. The Labute approximate surface area is 348 Å². The van der Waals surface area contributed by atoms with Crippen molar-refractivity contribution in [3.63, 3.8) is 0 Å². The standard InChI is InChI=1S/C55H36N4O/c1-3-15-36(16-4-1)52-57-53(37-17-5-2-6-18-37)59-54(58-52)41-27-29-46-44(34-41)43-33-39(38-19-13-20-40(32-38)51-42-21-8-7-14-35(42)30-31-56-51)26-28-45(43)55(46)47-22-9-11-24-49(47)60-50-25-12-10-23-48(50)55/h1-34,52H,(H,57,58,59). The fraction of sp³-hybridized carbons (Fsp3) is 0.0364. The van der Waals surface area contributed by atoms with E-state index in [0.717, 1.165) is 78.5 Å². The van der Waals surface area contributed by atoms with Crippen LogP contribution in [0.2, 0.25) is 0 Å². The minimum Gasteiger partial charge on any atom is -0.457 e. The van der Waals surface area contributed by atoms with Crippen molar-refractivity contribution in [1.82, 2.24) is 10.3 Å². The first-order chi connectivity index (χ1) is 29.7. The smallest absolute Gasteiger partial charge is 0.159 e. The first-order valence-corrected chi connectivity index (χ1v) is 20.4. The zero-order valence-electron chi connectivity index (χ0n) is 32.5. The summed E-state index contributed by atoms with van der Waals surface area (Å²) in [5.41, 5.74) is 13.8. The quantitative estimate of drug-likeness (QED) is 0.190. The van der Waals surface area contributed by atoms with Crippen LogP contribution in [0.1, 0.15) is 45.1 Å². The van der Waals surface area contributed by atoms with E-state index >= 15 is 0 Å². The van der Waals surface area contributed by atoms with Gasteiger partial charge in [0.05, 0.1) is 11.1 Å². The fourth-order valence-electron chi connectivity index (χ4n) is 9.55. The van der Waals surface area contributed by atoms with Crippen LogP contribution >= 0.6 is 0 Å². The molecule has 0 saturated carbocycles. The zero-order chi connectivity index (χ0) is 39.6. The highest BCUT2D eigenvalue weighted by Gasteiger charge is 2.51. The van der Waals surface area contributed by atoms with E-state index in [1.165, 1.54) is 22.1 Å². The number of nitrogens with zero attached hydrogens (tertiary/aromatic N) is 3. The molecule has 1 atom stereocenters. The Morgan fingerprint density at radius 1 is 0.467 bits per heavy atom. The zero-order valence-corrected chi connectivity index (χ0v) is 32.5. The third-order valence-electron chi connectivity index (χ3n) is 12.2. The minimum absolute atomic E-state index is 0.301. The fourth-order valence-corrected chi connectivity index (χ4v) is 9.55. The molecule has 9 aromatic rings. The molecule has 60 heavy (non-hydrogen) atoms. The molecule has 0 fully saturated rings. The Hall–Kier alpha value is -7.89. The maximum Gasteiger partial charge on any atom is 0.159 e. The molecule has 5 nitrogen and oxygen atoms in total. The van der Waals surface area contributed by atoms with Gasteiger partial charge >= 0.3 is 0 Å². The van der Waals surface area contributed by atoms with Crippen LogP contribution in [0.15, 0.2) is 216 Å². The SMILES string of the molecule is c1ccc(C2=NC(c3ccccc3)NC(c3ccc4c(c3)-c3cc(-c5cccc(-c6nccc7ccccc67)c5)ccc3C43c4ccccc4Oc4ccccc43)=N2)cc1. The molecule has 1 unspecified atom stereocenters. The number of nitrogens with one attached hydrogen (secondary N) is 1. The number of para-hydroxylation sites is 2. The van der Waals surface area contributed by atoms with Gasteiger partial charge in [0.25, 0.3) is 0 Å². The van der Waals surface area contributed by atoms with Crippen LogP contribution in [0.3, 0.4) is 0 Å². The molecule has 0 radical (unpaired) electrons. The number of benzene rings is 8. The summed E-state index contributed by atoms with van der Waals surface area (Å²) in [6.07, 6.45) is 1.60. The molecule has 8 aromatic carbocycles. The lowest BCUT2D eigenvalue weighted by Crippen LogP contribution is -2.34. The molecule has 2 aliphatic heterocycles. The van der Waals surface area contributed by atoms with Crippen molar-refractivity contribution in [2.75, 3.05) is 0 Å². The van der Waals surface area contributed by atoms with Gasteiger partial charge in [-0.3, -0.25) is 4.98 Å². The van der Waals surface area contributed by atoms with Crippen LogP contribution < -0.4 is 10.1 Å². The maximum atomic E-state index is 6.65. The lowest BCUT2D eigenvalue weighted by Gasteiger charge is -2.39. The van der Waals surface area contributed by atoms with Gasteiger partial charge in [0, 0.05) is 39.4 Å². The second-order valence-electron chi connectivity index (χ2n) is 15.6. The van der Waals surface area contributed by atoms with Gasteiger partial charge in [0.2, 0.25) is 0 Å². The average molecular weight is 769 g/mol. The Morgan fingerprint density at radius 3 is 1.83 bits per heavy atom. The molecule has 3 aliphatic rings. The molecule has 1 aliphatic carbocycles. The van der Waals surface area contributed by atoms with Crippen LogP contribution in [0, 0.1) is 0 Å². The van der Waals surface area contributed by atoms with E-state index in [2.05, 4.69) is 181 Å². The Morgan fingerprint density at radius 2 is 1.07 bits per heavy atom. The number of fused-ring (bicyclic) bond motifs is 10. The van der Waals surface area contributed by atoms with E-state index in [1.54, 1.807) is 0 Å². The van der Waals surface area contributed by atoms with Crippen molar-refractivity contribution in [3.05, 3.63) is 245 Å². The summed E-state index contributed by atoms with van der Waals surface area (Å²) in [5, 5.41) is 6.03. The van der Waals surface area contributed by atoms with E-state index in [9.17, 15) is 0 Å². The van der Waals surface area contributed by atoms with Gasteiger partial charge in [0.1, 0.15) is 23.5 Å². The predicted octanol–water partition coefficient (Wildman–Crippen LogP) is 12.5. The summed E-state index contributed by atoms with van der Waals surface area (Å²) in [4.78, 5) is 15.2. The van der Waals surface area contributed by atoms with Gasteiger partial charge in [-0.1, -0.05) is 164 Å². The molecule has 0 bridgehead atoms. The van der Waals surface area contributed by atoms with Crippen LogP contribution in [0.5, 0.6) is 11.5 Å². The molecule has 1 N–H and O–H groups in total. The van der Waals surface area contributed by atoms with Crippen LogP contribution in [-0.4, -0.2) is 16.7 Å². The number of rotatable bonds is 5. The van der Waals surface area contributed by atoms with Crippen molar-refractivity contribution >= 4 is 22.4 Å². The van der Waals surface area contributed by atoms with Gasteiger partial charge < -0.3 is 10.1 Å². The van der Waals surface area contributed by atoms with Gasteiger partial charge in [-0.2, -0.15) is 0 Å². The van der Waals surface area contributed by atoms with Gasteiger partial charge in [-0.25, -0.2) is 9.98 Å². The van der Waals surface area contributed by atoms with Crippen LogP contribution in [0.25, 0.3) is 44.3 Å². The first kappa shape index (κ1) is 34.2. The normalized spacial score (nSPS) is 15.4. The average Bonchev–Trinajstić information content (AvgIpc) is 3.61. The second kappa shape index (κ2) is 13.6. The summed E-state index contributed by atoms with van der Waals surface area (Å²) in [7, 11) is 0. The summed E-state index contributed by atoms with van der Waals surface area (Å²) >= 11 is 0. The Kier molecular flexibility index (Phi) is 7.75. The van der Waals surface area contributed by atoms with E-state index in [1.807, 2.05) is 30.5 Å². The molecular weight excluding hydrogens is 733 g/mol. The van der Waals surface area contributed by atoms with Gasteiger partial charge in [-0.15, -0.1) is 0 Å². The second-order valence-corrected chi connectivity index (χ2v) is 15.6. The number of hydrogen-bond acceptors (Lipinski definition) is 5. The molecule has 0 saturated heterocycles. The van der Waals surface area contributed by atoms with Crippen molar-refractivity contribution in [2.24, 2.45) is 9.98 Å². The third kappa shape index (κ3) is 5.29. The summed E-state index contributed by atoms with van der Waals surface area (Å²) in [6, 6.07) is 70.8. The summed E-state index contributed by atoms with van der Waals surface area (Å²) < 4.78 is 6.65. The topological polar surface area (TPSA) is 58.9 Å². The molecule has 0 amide bonds. The number of amidine groups is 2. The molecule has 1 aromatic heterocycles. The number of aromatic nitrogens is 1. The summed E-state index contributed by atoms with van der Waals surface area (Å²) in [5.74, 6) is 3.21. The number of hydrogen-bond donors (Lipinski definition) is 1. The number of pyridine rings is 1. The predicted molar refractivity (Wildman–Crippen MR) is 242 cm³/mol. The van der Waals surface area contributed by atoms with Gasteiger partial charge in [-0.05, 0) is 80.7 Å². The lowest BCUT2D eigenvalue weighted by atomic mass is 9.66. The first-order valence-electron chi connectivity index (χ1n) is 20.4. The van der Waals surface area contributed by atoms with E-state index in [-0.39, 0.29) is 6.17 Å². The van der Waals surface area contributed by atoms with Gasteiger partial charge in [0.15, 0.2) is 5.84 Å². The Balaban J connectivity index is 1.06. The molecular formula is C55H36N4O. The molecule has 12 rings (SSSR count). The molecule has 5 heteroatoms. The van der Waals surface area contributed by atoms with Crippen LogP contribution in [-0.2, 0) is 5.41 Å². The highest BCUT2D eigenvalue weighted by molar-refractivity contribution is 6.13. The third-order valence-corrected chi connectivity index (χ3v) is 12.2. The minimum atomic E-state index is -0.604. The van der Waals surface area contributed by atoms with Crippen molar-refractivity contribution in [1.29, 1.82) is 0 Å². The molecule has 3 heterocycles. The van der Waals surface area contributed by atoms with Crippen molar-refractivity contribution < 1.29 is 4.74 Å². The largest absolute Gasteiger partial charge is 0.457 e. The molecule has 1 spiro atoms. The monoisotopic (exact) mass is 768 g/mol. The van der Waals surface area contributed by atoms with E-state index < -0.39 is 5.41 Å². The Bertz CT molecular complexity index is 3170. The number of ether oxygens (including phenoxy) is 1. The van der Waals surface area contributed by atoms with Crippen LogP contribution in [0.4, 0.5) is 0 Å². The lowest BCUT2D eigenvalue weighted by molar-refractivity contribution is 0.436. The van der Waals surface area contributed by atoms with E-state index in [0.29, 0.717) is 5.84 Å². The number of aliphatic imine (C=N–C) groups is 2. The maximum absolute atomic E-state index is 6.65. The molecule has 282 valence electrons. The van der Waals surface area contributed by atoms with Crippen molar-refractivity contribution in [2.45, 2.75) is 11.6 Å². The van der Waals surface area contributed by atoms with Crippen molar-refractivity contribution in [3.8, 4) is 45.0 Å². The highest BCUT2D eigenvalue weighted by Crippen LogP contribution is 2.62. The summed E-state index contributed by atoms with van der Waals surface area (Å²) in [6.45, 7) is 0.